The number of rotatable bonds is 8. The summed E-state index contributed by atoms with van der Waals surface area (Å²) in [5, 5.41) is 3.35. The summed E-state index contributed by atoms with van der Waals surface area (Å²) in [6.45, 7) is 9.47. The molecule has 4 heteroatoms. The second-order valence-corrected chi connectivity index (χ2v) is 5.17. The molecule has 0 aromatic carbocycles. The molecular weight excluding hydrogens is 214 g/mol. The highest BCUT2D eigenvalue weighted by Crippen LogP contribution is 2.23. The lowest BCUT2D eigenvalue weighted by Gasteiger charge is -2.24. The zero-order valence-electron chi connectivity index (χ0n) is 11.5. The molecule has 0 spiro atoms. The summed E-state index contributed by atoms with van der Waals surface area (Å²) in [6, 6.07) is 0. The van der Waals surface area contributed by atoms with E-state index in [1.54, 1.807) is 7.11 Å². The van der Waals surface area contributed by atoms with Crippen molar-refractivity contribution in [2.45, 2.75) is 40.2 Å². The van der Waals surface area contributed by atoms with Gasteiger partial charge in [-0.3, -0.25) is 0 Å². The summed E-state index contributed by atoms with van der Waals surface area (Å²) < 4.78 is 7.21. The van der Waals surface area contributed by atoms with Crippen LogP contribution >= 0.6 is 0 Å². The molecule has 1 aromatic heterocycles. The van der Waals surface area contributed by atoms with Crippen molar-refractivity contribution in [3.63, 3.8) is 0 Å². The maximum Gasteiger partial charge on any atom is 0.202 e. The number of anilines is 1. The van der Waals surface area contributed by atoms with Gasteiger partial charge in [-0.2, -0.15) is 0 Å². The van der Waals surface area contributed by atoms with E-state index in [0.29, 0.717) is 5.41 Å². The van der Waals surface area contributed by atoms with E-state index >= 15 is 0 Å². The summed E-state index contributed by atoms with van der Waals surface area (Å²) in [7, 11) is 1.73. The van der Waals surface area contributed by atoms with Crippen molar-refractivity contribution >= 4 is 5.95 Å². The fourth-order valence-corrected chi connectivity index (χ4v) is 1.59. The van der Waals surface area contributed by atoms with Gasteiger partial charge in [0.05, 0.1) is 0 Å². The van der Waals surface area contributed by atoms with Gasteiger partial charge >= 0.3 is 0 Å². The Morgan fingerprint density at radius 3 is 2.88 bits per heavy atom. The molecule has 98 valence electrons. The predicted octanol–water partition coefficient (Wildman–Crippen LogP) is 2.77. The smallest absolute Gasteiger partial charge is 0.202 e. The third-order valence-electron chi connectivity index (χ3n) is 3.08. The summed E-state index contributed by atoms with van der Waals surface area (Å²) in [5.74, 6) is 0.961. The van der Waals surface area contributed by atoms with Gasteiger partial charge < -0.3 is 14.6 Å². The number of imidazole rings is 1. The van der Waals surface area contributed by atoms with Crippen molar-refractivity contribution in [3.05, 3.63) is 12.4 Å². The number of hydrogen-bond acceptors (Lipinski definition) is 3. The number of hydrogen-bond donors (Lipinski definition) is 1. The van der Waals surface area contributed by atoms with Gasteiger partial charge in [-0.1, -0.05) is 20.8 Å². The average Bonchev–Trinajstić information content (AvgIpc) is 2.71. The highest BCUT2D eigenvalue weighted by Gasteiger charge is 2.17. The summed E-state index contributed by atoms with van der Waals surface area (Å²) in [5.41, 5.74) is 0.309. The molecule has 0 atom stereocenters. The fourth-order valence-electron chi connectivity index (χ4n) is 1.59. The van der Waals surface area contributed by atoms with E-state index in [1.165, 1.54) is 0 Å². The number of aromatic nitrogens is 2. The quantitative estimate of drug-likeness (QED) is 0.709. The maximum absolute atomic E-state index is 5.02. The van der Waals surface area contributed by atoms with Gasteiger partial charge in [0.1, 0.15) is 0 Å². The molecule has 17 heavy (non-hydrogen) atoms. The second kappa shape index (κ2) is 6.64. The number of nitrogens with one attached hydrogen (secondary N) is 1. The van der Waals surface area contributed by atoms with Crippen LogP contribution in [0.15, 0.2) is 12.4 Å². The summed E-state index contributed by atoms with van der Waals surface area (Å²) in [6.07, 6.45) is 6.05. The van der Waals surface area contributed by atoms with Crippen LogP contribution in [0.2, 0.25) is 0 Å². The van der Waals surface area contributed by atoms with Gasteiger partial charge in [-0.15, -0.1) is 0 Å². The van der Waals surface area contributed by atoms with Crippen molar-refractivity contribution in [2.75, 3.05) is 25.6 Å². The first-order valence-corrected chi connectivity index (χ1v) is 6.33. The summed E-state index contributed by atoms with van der Waals surface area (Å²) >= 11 is 0. The van der Waals surface area contributed by atoms with Crippen LogP contribution in [0.25, 0.3) is 0 Å². The molecule has 4 nitrogen and oxygen atoms in total. The van der Waals surface area contributed by atoms with Crippen LogP contribution in [0.3, 0.4) is 0 Å². The molecular formula is C13H25N3O. The predicted molar refractivity (Wildman–Crippen MR) is 71.3 cm³/mol. The second-order valence-electron chi connectivity index (χ2n) is 5.17. The lowest BCUT2D eigenvalue weighted by molar-refractivity contribution is 0.197. The maximum atomic E-state index is 5.02. The Hall–Kier alpha value is -1.03. The van der Waals surface area contributed by atoms with Crippen LogP contribution in [0.5, 0.6) is 0 Å². The molecule has 1 rings (SSSR count). The zero-order valence-corrected chi connectivity index (χ0v) is 11.5. The van der Waals surface area contributed by atoms with Gasteiger partial charge in [0.25, 0.3) is 0 Å². The standard InChI is InChI=1S/C13H25N3O/c1-5-13(2,3)11-16-9-8-15-12(16)14-7-6-10-17-4/h8-9H,5-7,10-11H2,1-4H3,(H,14,15). The Bertz CT molecular complexity index is 320. The van der Waals surface area contributed by atoms with E-state index in [2.05, 4.69) is 35.6 Å². The Kier molecular flexibility index (Phi) is 5.48. The molecule has 1 aromatic rings. The van der Waals surface area contributed by atoms with E-state index in [9.17, 15) is 0 Å². The number of methoxy groups -OCH3 is 1. The Morgan fingerprint density at radius 2 is 2.24 bits per heavy atom. The minimum absolute atomic E-state index is 0.309. The minimum atomic E-state index is 0.309. The molecule has 0 saturated heterocycles. The molecule has 0 aliphatic carbocycles. The van der Waals surface area contributed by atoms with Crippen LogP contribution in [0.1, 0.15) is 33.6 Å². The molecule has 0 bridgehead atoms. The Balaban J connectivity index is 2.48. The summed E-state index contributed by atoms with van der Waals surface area (Å²) in [4.78, 5) is 4.34. The van der Waals surface area contributed by atoms with Crippen molar-refractivity contribution in [3.8, 4) is 0 Å². The Morgan fingerprint density at radius 1 is 1.47 bits per heavy atom. The van der Waals surface area contributed by atoms with E-state index < -0.39 is 0 Å². The lowest BCUT2D eigenvalue weighted by atomic mass is 9.90. The topological polar surface area (TPSA) is 39.1 Å². The number of nitrogens with zero attached hydrogens (tertiary/aromatic N) is 2. The highest BCUT2D eigenvalue weighted by molar-refractivity contribution is 5.25. The van der Waals surface area contributed by atoms with E-state index in [4.69, 9.17) is 4.74 Å². The number of ether oxygens (including phenoxy) is 1. The minimum Gasteiger partial charge on any atom is -0.385 e. The third kappa shape index (κ3) is 4.77. The van der Waals surface area contributed by atoms with Gasteiger partial charge in [-0.25, -0.2) is 4.98 Å². The van der Waals surface area contributed by atoms with Crippen LogP contribution in [-0.2, 0) is 11.3 Å². The van der Waals surface area contributed by atoms with Crippen molar-refractivity contribution < 1.29 is 4.74 Å². The molecule has 0 amide bonds. The fraction of sp³-hybridized carbons (Fsp3) is 0.769. The molecule has 1 heterocycles. The highest BCUT2D eigenvalue weighted by atomic mass is 16.5. The van der Waals surface area contributed by atoms with Gasteiger partial charge in [0.2, 0.25) is 5.95 Å². The molecule has 0 aliphatic rings. The molecule has 0 aliphatic heterocycles. The van der Waals surface area contributed by atoms with Gasteiger partial charge in [0, 0.05) is 39.2 Å². The molecule has 0 saturated carbocycles. The molecule has 1 N–H and O–H groups in total. The van der Waals surface area contributed by atoms with Crippen LogP contribution in [0.4, 0.5) is 5.95 Å². The third-order valence-corrected chi connectivity index (χ3v) is 3.08. The lowest BCUT2D eigenvalue weighted by Crippen LogP contribution is -2.20. The van der Waals surface area contributed by atoms with E-state index in [0.717, 1.165) is 38.5 Å². The van der Waals surface area contributed by atoms with Gasteiger partial charge in [-0.05, 0) is 18.3 Å². The van der Waals surface area contributed by atoms with E-state index in [-0.39, 0.29) is 0 Å². The molecule has 0 unspecified atom stereocenters. The molecule has 0 fully saturated rings. The largest absolute Gasteiger partial charge is 0.385 e. The van der Waals surface area contributed by atoms with Gasteiger partial charge in [0.15, 0.2) is 0 Å². The van der Waals surface area contributed by atoms with Crippen molar-refractivity contribution in [1.82, 2.24) is 9.55 Å². The first-order chi connectivity index (χ1) is 8.09. The van der Waals surface area contributed by atoms with Crippen molar-refractivity contribution in [2.24, 2.45) is 5.41 Å². The normalized spacial score (nSPS) is 11.8. The molecule has 0 radical (unpaired) electrons. The Labute approximate surface area is 104 Å². The van der Waals surface area contributed by atoms with Crippen LogP contribution in [-0.4, -0.2) is 29.8 Å². The zero-order chi connectivity index (χ0) is 12.7. The average molecular weight is 239 g/mol. The van der Waals surface area contributed by atoms with Crippen molar-refractivity contribution in [1.29, 1.82) is 0 Å². The monoisotopic (exact) mass is 239 g/mol. The van der Waals surface area contributed by atoms with Crippen LogP contribution in [0, 0.1) is 5.41 Å². The van der Waals surface area contributed by atoms with Crippen LogP contribution < -0.4 is 5.32 Å². The van der Waals surface area contributed by atoms with E-state index in [1.807, 2.05) is 12.4 Å². The first-order valence-electron chi connectivity index (χ1n) is 6.33. The SMILES string of the molecule is CCC(C)(C)Cn1ccnc1NCCCOC. The first kappa shape index (κ1) is 14.0.